The van der Waals surface area contributed by atoms with Gasteiger partial charge in [-0.3, -0.25) is 0 Å². The molecule has 1 heterocycles. The SMILES string of the molecule is CC.Cc1cccc(N2CCC(C)C2)c1. The molecule has 1 aromatic carbocycles. The Morgan fingerprint density at radius 3 is 2.53 bits per heavy atom. The molecular weight excluding hydrogens is 182 g/mol. The van der Waals surface area contributed by atoms with Crippen molar-refractivity contribution in [1.82, 2.24) is 0 Å². The molecule has 1 aliphatic heterocycles. The molecule has 0 aromatic heterocycles. The monoisotopic (exact) mass is 205 g/mol. The third-order valence-corrected chi connectivity index (χ3v) is 2.79. The zero-order valence-corrected chi connectivity index (χ0v) is 10.5. The van der Waals surface area contributed by atoms with E-state index >= 15 is 0 Å². The topological polar surface area (TPSA) is 3.24 Å². The molecular formula is C14H23N. The number of nitrogens with zero attached hydrogens (tertiary/aromatic N) is 1. The second-order valence-corrected chi connectivity index (χ2v) is 4.18. The van der Waals surface area contributed by atoms with Crippen LogP contribution < -0.4 is 4.90 Å². The lowest BCUT2D eigenvalue weighted by molar-refractivity contribution is 0.659. The molecule has 0 bridgehead atoms. The van der Waals surface area contributed by atoms with Crippen molar-refractivity contribution < 1.29 is 0 Å². The van der Waals surface area contributed by atoms with E-state index < -0.39 is 0 Å². The van der Waals surface area contributed by atoms with Crippen LogP contribution >= 0.6 is 0 Å². The Morgan fingerprint density at radius 2 is 2.00 bits per heavy atom. The number of benzene rings is 1. The zero-order valence-electron chi connectivity index (χ0n) is 10.5. The van der Waals surface area contributed by atoms with Crippen molar-refractivity contribution in [2.45, 2.75) is 34.1 Å². The zero-order chi connectivity index (χ0) is 11.3. The second-order valence-electron chi connectivity index (χ2n) is 4.18. The van der Waals surface area contributed by atoms with Gasteiger partial charge in [0.2, 0.25) is 0 Å². The van der Waals surface area contributed by atoms with Crippen LogP contribution in [0.3, 0.4) is 0 Å². The van der Waals surface area contributed by atoms with Crippen molar-refractivity contribution in [3.05, 3.63) is 29.8 Å². The number of hydrogen-bond acceptors (Lipinski definition) is 1. The van der Waals surface area contributed by atoms with Crippen LogP contribution in [-0.4, -0.2) is 13.1 Å². The number of aryl methyl sites for hydroxylation is 1. The Morgan fingerprint density at radius 1 is 1.27 bits per heavy atom. The van der Waals surface area contributed by atoms with Gasteiger partial charge in [-0.1, -0.05) is 32.9 Å². The Kier molecular flexibility index (Phi) is 4.67. The van der Waals surface area contributed by atoms with Crippen LogP contribution in [0.1, 0.15) is 32.8 Å². The van der Waals surface area contributed by atoms with Crippen molar-refractivity contribution in [3.8, 4) is 0 Å². The summed E-state index contributed by atoms with van der Waals surface area (Å²) in [4.78, 5) is 2.48. The summed E-state index contributed by atoms with van der Waals surface area (Å²) in [6.07, 6.45) is 1.34. The highest BCUT2D eigenvalue weighted by Crippen LogP contribution is 2.23. The van der Waals surface area contributed by atoms with E-state index in [0.29, 0.717) is 0 Å². The van der Waals surface area contributed by atoms with Crippen LogP contribution in [0.4, 0.5) is 5.69 Å². The van der Waals surface area contributed by atoms with Gasteiger partial charge in [0, 0.05) is 18.8 Å². The maximum absolute atomic E-state index is 2.48. The molecule has 1 heteroatoms. The van der Waals surface area contributed by atoms with E-state index in [1.807, 2.05) is 13.8 Å². The van der Waals surface area contributed by atoms with Crippen molar-refractivity contribution in [2.24, 2.45) is 5.92 Å². The highest BCUT2D eigenvalue weighted by Gasteiger charge is 2.18. The average molecular weight is 205 g/mol. The summed E-state index contributed by atoms with van der Waals surface area (Å²) < 4.78 is 0. The molecule has 1 nitrogen and oxygen atoms in total. The van der Waals surface area contributed by atoms with E-state index in [1.165, 1.54) is 30.8 Å². The van der Waals surface area contributed by atoms with Crippen molar-refractivity contribution in [1.29, 1.82) is 0 Å². The summed E-state index contributed by atoms with van der Waals surface area (Å²) in [6, 6.07) is 8.79. The van der Waals surface area contributed by atoms with E-state index in [1.54, 1.807) is 0 Å². The lowest BCUT2D eigenvalue weighted by Crippen LogP contribution is -2.18. The molecule has 0 N–H and O–H groups in total. The average Bonchev–Trinajstić information content (AvgIpc) is 2.68. The Balaban J connectivity index is 0.000000531. The maximum Gasteiger partial charge on any atom is 0.0368 e. The van der Waals surface area contributed by atoms with Crippen LogP contribution in [-0.2, 0) is 0 Å². The fourth-order valence-electron chi connectivity index (χ4n) is 1.99. The molecule has 2 rings (SSSR count). The minimum Gasteiger partial charge on any atom is -0.371 e. The first kappa shape index (κ1) is 12.1. The third kappa shape index (κ3) is 3.26. The summed E-state index contributed by atoms with van der Waals surface area (Å²) >= 11 is 0. The van der Waals surface area contributed by atoms with Crippen LogP contribution in [0.15, 0.2) is 24.3 Å². The third-order valence-electron chi connectivity index (χ3n) is 2.79. The molecule has 15 heavy (non-hydrogen) atoms. The first-order valence-corrected chi connectivity index (χ1v) is 6.07. The van der Waals surface area contributed by atoms with Gasteiger partial charge in [-0.15, -0.1) is 0 Å². The van der Waals surface area contributed by atoms with Gasteiger partial charge >= 0.3 is 0 Å². The van der Waals surface area contributed by atoms with Crippen molar-refractivity contribution >= 4 is 5.69 Å². The highest BCUT2D eigenvalue weighted by atomic mass is 15.1. The highest BCUT2D eigenvalue weighted by molar-refractivity contribution is 5.49. The fraction of sp³-hybridized carbons (Fsp3) is 0.571. The number of rotatable bonds is 1. The van der Waals surface area contributed by atoms with Gasteiger partial charge in [-0.2, -0.15) is 0 Å². The summed E-state index contributed by atoms with van der Waals surface area (Å²) in [7, 11) is 0. The molecule has 1 aliphatic rings. The molecule has 84 valence electrons. The van der Waals surface area contributed by atoms with E-state index in [2.05, 4.69) is 43.0 Å². The van der Waals surface area contributed by atoms with Gasteiger partial charge < -0.3 is 4.90 Å². The molecule has 1 aromatic rings. The van der Waals surface area contributed by atoms with Gasteiger partial charge in [0.25, 0.3) is 0 Å². The van der Waals surface area contributed by atoms with E-state index in [-0.39, 0.29) is 0 Å². The van der Waals surface area contributed by atoms with Gasteiger partial charge in [0.1, 0.15) is 0 Å². The molecule has 0 spiro atoms. The van der Waals surface area contributed by atoms with E-state index in [4.69, 9.17) is 0 Å². The molecule has 0 saturated carbocycles. The van der Waals surface area contributed by atoms with Gasteiger partial charge in [0.15, 0.2) is 0 Å². The normalized spacial score (nSPS) is 19.7. The molecule has 0 amide bonds. The molecule has 1 atom stereocenters. The fourth-order valence-corrected chi connectivity index (χ4v) is 1.99. The minimum absolute atomic E-state index is 0.862. The van der Waals surface area contributed by atoms with Crippen LogP contribution in [0, 0.1) is 12.8 Å². The first-order valence-electron chi connectivity index (χ1n) is 6.07. The molecule has 1 fully saturated rings. The molecule has 1 unspecified atom stereocenters. The second kappa shape index (κ2) is 5.79. The lowest BCUT2D eigenvalue weighted by Gasteiger charge is -2.18. The molecule has 0 aliphatic carbocycles. The summed E-state index contributed by atoms with van der Waals surface area (Å²) in [5.74, 6) is 0.862. The predicted molar refractivity (Wildman–Crippen MR) is 68.5 cm³/mol. The molecule has 0 radical (unpaired) electrons. The number of hydrogen-bond donors (Lipinski definition) is 0. The minimum atomic E-state index is 0.862. The summed E-state index contributed by atoms with van der Waals surface area (Å²) in [5, 5.41) is 0. The number of anilines is 1. The van der Waals surface area contributed by atoms with Crippen LogP contribution in [0.2, 0.25) is 0 Å². The smallest absolute Gasteiger partial charge is 0.0368 e. The van der Waals surface area contributed by atoms with Gasteiger partial charge in [0.05, 0.1) is 0 Å². The van der Waals surface area contributed by atoms with Crippen LogP contribution in [0.25, 0.3) is 0 Å². The first-order chi connectivity index (χ1) is 7.25. The summed E-state index contributed by atoms with van der Waals surface area (Å²) in [5.41, 5.74) is 2.75. The van der Waals surface area contributed by atoms with Crippen molar-refractivity contribution in [3.63, 3.8) is 0 Å². The van der Waals surface area contributed by atoms with E-state index in [9.17, 15) is 0 Å². The predicted octanol–water partition coefficient (Wildman–Crippen LogP) is 3.87. The Bertz CT molecular complexity index is 293. The summed E-state index contributed by atoms with van der Waals surface area (Å²) in [6.45, 7) is 10.9. The quantitative estimate of drug-likeness (QED) is 0.672. The molecule has 1 saturated heterocycles. The lowest BCUT2D eigenvalue weighted by atomic mass is 10.2. The van der Waals surface area contributed by atoms with E-state index in [0.717, 1.165) is 5.92 Å². The van der Waals surface area contributed by atoms with Crippen LogP contribution in [0.5, 0.6) is 0 Å². The Hall–Kier alpha value is -0.980. The van der Waals surface area contributed by atoms with Crippen molar-refractivity contribution in [2.75, 3.05) is 18.0 Å². The standard InChI is InChI=1S/C12H17N.C2H6/c1-10-4-3-5-12(8-10)13-7-6-11(2)9-13;1-2/h3-5,8,11H,6-7,9H2,1-2H3;1-2H3. The maximum atomic E-state index is 2.48. The van der Waals surface area contributed by atoms with Gasteiger partial charge in [-0.25, -0.2) is 0 Å². The Labute approximate surface area is 94.1 Å². The largest absolute Gasteiger partial charge is 0.371 e. The van der Waals surface area contributed by atoms with Gasteiger partial charge in [-0.05, 0) is 37.0 Å².